The number of benzene rings is 1. The third-order valence-electron chi connectivity index (χ3n) is 3.22. The standard InChI is InChI=1S/C12H12ClN/c13-9-4-5-12-10(6-9)11(7-14-12)8-2-1-3-8/h4-8,14H,1-3H2. The van der Waals surface area contributed by atoms with Gasteiger partial charge in [0.25, 0.3) is 0 Å². The van der Waals surface area contributed by atoms with Crippen molar-refractivity contribution >= 4 is 22.5 Å². The van der Waals surface area contributed by atoms with Gasteiger partial charge in [0.15, 0.2) is 0 Å². The second-order valence-electron chi connectivity index (χ2n) is 4.06. The number of halogens is 1. The summed E-state index contributed by atoms with van der Waals surface area (Å²) in [6, 6.07) is 6.06. The smallest absolute Gasteiger partial charge is 0.0457 e. The van der Waals surface area contributed by atoms with Gasteiger partial charge < -0.3 is 4.98 Å². The van der Waals surface area contributed by atoms with Crippen LogP contribution in [0.5, 0.6) is 0 Å². The first-order valence-corrected chi connectivity index (χ1v) is 5.49. The molecule has 72 valence electrons. The first-order valence-electron chi connectivity index (χ1n) is 5.11. The predicted molar refractivity (Wildman–Crippen MR) is 59.9 cm³/mol. The van der Waals surface area contributed by atoms with Gasteiger partial charge in [-0.25, -0.2) is 0 Å². The zero-order chi connectivity index (χ0) is 9.54. The van der Waals surface area contributed by atoms with Gasteiger partial charge in [-0.1, -0.05) is 18.0 Å². The molecule has 1 N–H and O–H groups in total. The summed E-state index contributed by atoms with van der Waals surface area (Å²) in [5.74, 6) is 0.766. The average Bonchev–Trinajstić information content (AvgIpc) is 2.46. The fraction of sp³-hybridized carbons (Fsp3) is 0.333. The van der Waals surface area contributed by atoms with Crippen LogP contribution in [0, 0.1) is 0 Å². The van der Waals surface area contributed by atoms with Gasteiger partial charge in [-0.15, -0.1) is 0 Å². The van der Waals surface area contributed by atoms with Crippen LogP contribution in [0.3, 0.4) is 0 Å². The van der Waals surface area contributed by atoms with E-state index in [1.165, 1.54) is 35.7 Å². The van der Waals surface area contributed by atoms with E-state index in [4.69, 9.17) is 11.6 Å². The largest absolute Gasteiger partial charge is 0.361 e. The zero-order valence-corrected chi connectivity index (χ0v) is 8.64. The van der Waals surface area contributed by atoms with E-state index in [-0.39, 0.29) is 0 Å². The molecule has 1 aromatic carbocycles. The van der Waals surface area contributed by atoms with Crippen LogP contribution >= 0.6 is 11.6 Å². The van der Waals surface area contributed by atoms with Gasteiger partial charge in [-0.3, -0.25) is 0 Å². The van der Waals surface area contributed by atoms with Crippen LogP contribution < -0.4 is 0 Å². The van der Waals surface area contributed by atoms with Gasteiger partial charge >= 0.3 is 0 Å². The van der Waals surface area contributed by atoms with Crippen LogP contribution in [-0.2, 0) is 0 Å². The van der Waals surface area contributed by atoms with Gasteiger partial charge in [-0.05, 0) is 42.5 Å². The lowest BCUT2D eigenvalue weighted by atomic mass is 9.80. The molecule has 1 aliphatic rings. The number of hydrogen-bond donors (Lipinski definition) is 1. The second kappa shape index (κ2) is 3.03. The molecular formula is C12H12ClN. The molecule has 2 heteroatoms. The minimum atomic E-state index is 0.766. The summed E-state index contributed by atoms with van der Waals surface area (Å²) < 4.78 is 0. The summed E-state index contributed by atoms with van der Waals surface area (Å²) in [6.07, 6.45) is 6.18. The van der Waals surface area contributed by atoms with Crippen LogP contribution in [0.15, 0.2) is 24.4 Å². The molecule has 1 aromatic heterocycles. The zero-order valence-electron chi connectivity index (χ0n) is 7.89. The van der Waals surface area contributed by atoms with E-state index in [9.17, 15) is 0 Å². The summed E-state index contributed by atoms with van der Waals surface area (Å²) in [5, 5.41) is 2.14. The summed E-state index contributed by atoms with van der Waals surface area (Å²) in [6.45, 7) is 0. The van der Waals surface area contributed by atoms with Gasteiger partial charge in [0.2, 0.25) is 0 Å². The SMILES string of the molecule is Clc1ccc2[nH]cc(C3CCC3)c2c1. The Balaban J connectivity index is 2.18. The molecule has 3 rings (SSSR count). The molecule has 0 bridgehead atoms. The fourth-order valence-electron chi connectivity index (χ4n) is 2.17. The van der Waals surface area contributed by atoms with Crippen molar-refractivity contribution in [3.63, 3.8) is 0 Å². The molecule has 1 saturated carbocycles. The molecular weight excluding hydrogens is 194 g/mol. The minimum Gasteiger partial charge on any atom is -0.361 e. The average molecular weight is 206 g/mol. The Labute approximate surface area is 88.1 Å². The van der Waals surface area contributed by atoms with Crippen LogP contribution in [0.2, 0.25) is 5.02 Å². The Morgan fingerprint density at radius 2 is 2.14 bits per heavy atom. The lowest BCUT2D eigenvalue weighted by Crippen LogP contribution is -2.07. The summed E-state index contributed by atoms with van der Waals surface area (Å²) in [5.41, 5.74) is 2.66. The highest BCUT2D eigenvalue weighted by atomic mass is 35.5. The summed E-state index contributed by atoms with van der Waals surface area (Å²) >= 11 is 6.00. The highest BCUT2D eigenvalue weighted by Crippen LogP contribution is 2.40. The number of nitrogens with one attached hydrogen (secondary N) is 1. The maximum Gasteiger partial charge on any atom is 0.0457 e. The number of hydrogen-bond acceptors (Lipinski definition) is 0. The van der Waals surface area contributed by atoms with Gasteiger partial charge in [0.1, 0.15) is 0 Å². The third kappa shape index (κ3) is 1.16. The molecule has 1 heterocycles. The van der Waals surface area contributed by atoms with Gasteiger partial charge in [0.05, 0.1) is 0 Å². The lowest BCUT2D eigenvalue weighted by Gasteiger charge is -2.24. The van der Waals surface area contributed by atoms with Crippen molar-refractivity contribution in [2.24, 2.45) is 0 Å². The van der Waals surface area contributed by atoms with Gasteiger partial charge in [-0.2, -0.15) is 0 Å². The molecule has 1 aliphatic carbocycles. The molecule has 0 spiro atoms. The Bertz CT molecular complexity index is 468. The van der Waals surface area contributed by atoms with E-state index in [1.54, 1.807) is 0 Å². The fourth-order valence-corrected chi connectivity index (χ4v) is 2.34. The summed E-state index contributed by atoms with van der Waals surface area (Å²) in [7, 11) is 0. The highest BCUT2D eigenvalue weighted by molar-refractivity contribution is 6.31. The Hall–Kier alpha value is -0.950. The van der Waals surface area contributed by atoms with Gasteiger partial charge in [0, 0.05) is 22.1 Å². The number of rotatable bonds is 1. The molecule has 0 aliphatic heterocycles. The first kappa shape index (κ1) is 8.37. The second-order valence-corrected chi connectivity index (χ2v) is 4.50. The van der Waals surface area contributed by atoms with Crippen molar-refractivity contribution in [2.45, 2.75) is 25.2 Å². The van der Waals surface area contributed by atoms with E-state index in [0.717, 1.165) is 10.9 Å². The van der Waals surface area contributed by atoms with Crippen molar-refractivity contribution in [3.8, 4) is 0 Å². The number of H-pyrrole nitrogens is 1. The number of aromatic nitrogens is 1. The normalized spacial score (nSPS) is 17.2. The molecule has 1 fully saturated rings. The molecule has 0 amide bonds. The molecule has 0 unspecified atom stereocenters. The van der Waals surface area contributed by atoms with Crippen molar-refractivity contribution in [2.75, 3.05) is 0 Å². The van der Waals surface area contributed by atoms with Crippen molar-refractivity contribution in [3.05, 3.63) is 35.0 Å². The molecule has 0 atom stereocenters. The topological polar surface area (TPSA) is 15.8 Å². The monoisotopic (exact) mass is 205 g/mol. The quantitative estimate of drug-likeness (QED) is 0.722. The van der Waals surface area contributed by atoms with Crippen LogP contribution in [0.1, 0.15) is 30.7 Å². The van der Waals surface area contributed by atoms with E-state index >= 15 is 0 Å². The molecule has 0 saturated heterocycles. The van der Waals surface area contributed by atoms with E-state index in [1.807, 2.05) is 6.07 Å². The van der Waals surface area contributed by atoms with Crippen molar-refractivity contribution in [1.82, 2.24) is 4.98 Å². The van der Waals surface area contributed by atoms with Crippen molar-refractivity contribution < 1.29 is 0 Å². The predicted octanol–water partition coefficient (Wildman–Crippen LogP) is 4.09. The van der Waals surface area contributed by atoms with Crippen LogP contribution in [0.25, 0.3) is 10.9 Å². The Kier molecular flexibility index (Phi) is 1.81. The van der Waals surface area contributed by atoms with E-state index in [2.05, 4.69) is 23.3 Å². The van der Waals surface area contributed by atoms with Crippen LogP contribution in [-0.4, -0.2) is 4.98 Å². The highest BCUT2D eigenvalue weighted by Gasteiger charge is 2.22. The number of aromatic amines is 1. The lowest BCUT2D eigenvalue weighted by molar-refractivity contribution is 0.422. The maximum absolute atomic E-state index is 6.00. The molecule has 14 heavy (non-hydrogen) atoms. The third-order valence-corrected chi connectivity index (χ3v) is 3.46. The van der Waals surface area contributed by atoms with Crippen molar-refractivity contribution in [1.29, 1.82) is 0 Å². The molecule has 2 aromatic rings. The van der Waals surface area contributed by atoms with E-state index in [0.29, 0.717) is 0 Å². The minimum absolute atomic E-state index is 0.766. The molecule has 0 radical (unpaired) electrons. The maximum atomic E-state index is 6.00. The summed E-state index contributed by atoms with van der Waals surface area (Å²) in [4.78, 5) is 3.31. The molecule has 1 nitrogen and oxygen atoms in total. The first-order chi connectivity index (χ1) is 6.84. The number of fused-ring (bicyclic) bond motifs is 1. The Morgan fingerprint density at radius 3 is 2.86 bits per heavy atom. The van der Waals surface area contributed by atoms with E-state index < -0.39 is 0 Å². The van der Waals surface area contributed by atoms with Crippen LogP contribution in [0.4, 0.5) is 0 Å². The Morgan fingerprint density at radius 1 is 1.29 bits per heavy atom.